The zero-order valence-electron chi connectivity index (χ0n) is 11.9. The van der Waals surface area contributed by atoms with Crippen molar-refractivity contribution in [1.82, 2.24) is 4.98 Å². The zero-order chi connectivity index (χ0) is 14.5. The van der Waals surface area contributed by atoms with Gasteiger partial charge in [0.1, 0.15) is 11.4 Å². The number of esters is 1. The Morgan fingerprint density at radius 1 is 1.30 bits per heavy atom. The van der Waals surface area contributed by atoms with Crippen molar-refractivity contribution in [2.45, 2.75) is 20.3 Å². The summed E-state index contributed by atoms with van der Waals surface area (Å²) in [7, 11) is 0. The van der Waals surface area contributed by atoms with E-state index in [1.165, 1.54) is 0 Å². The van der Waals surface area contributed by atoms with E-state index in [0.29, 0.717) is 31.9 Å². The molecule has 0 saturated heterocycles. The summed E-state index contributed by atoms with van der Waals surface area (Å²) in [5.74, 6) is 0.442. The molecule has 1 aromatic carbocycles. The molecule has 0 saturated carbocycles. The second-order valence-corrected chi connectivity index (χ2v) is 4.38. The van der Waals surface area contributed by atoms with Crippen molar-refractivity contribution in [2.24, 2.45) is 5.73 Å². The first-order valence-electron chi connectivity index (χ1n) is 6.85. The minimum absolute atomic E-state index is 0.342. The molecule has 5 heteroatoms. The maximum absolute atomic E-state index is 12.0. The first-order valence-corrected chi connectivity index (χ1v) is 6.85. The largest absolute Gasteiger partial charge is 0.494 e. The van der Waals surface area contributed by atoms with E-state index in [4.69, 9.17) is 15.2 Å². The molecule has 0 atom stereocenters. The topological polar surface area (TPSA) is 77.3 Å². The van der Waals surface area contributed by atoms with E-state index in [2.05, 4.69) is 4.98 Å². The van der Waals surface area contributed by atoms with Crippen molar-refractivity contribution in [3.05, 3.63) is 29.5 Å². The molecule has 0 fully saturated rings. The monoisotopic (exact) mass is 276 g/mol. The highest BCUT2D eigenvalue weighted by Crippen LogP contribution is 2.27. The van der Waals surface area contributed by atoms with Crippen molar-refractivity contribution < 1.29 is 14.3 Å². The van der Waals surface area contributed by atoms with E-state index in [0.717, 1.165) is 22.2 Å². The number of H-pyrrole nitrogens is 1. The third-order valence-corrected chi connectivity index (χ3v) is 3.06. The Hall–Kier alpha value is -2.01. The van der Waals surface area contributed by atoms with Crippen LogP contribution in [-0.2, 0) is 11.2 Å². The molecule has 5 nitrogen and oxygen atoms in total. The molecule has 1 heterocycles. The second kappa shape index (κ2) is 6.43. The fourth-order valence-corrected chi connectivity index (χ4v) is 2.26. The molecule has 0 spiro atoms. The number of fused-ring (bicyclic) bond motifs is 1. The average Bonchev–Trinajstić information content (AvgIpc) is 2.79. The summed E-state index contributed by atoms with van der Waals surface area (Å²) in [6.07, 6.45) is 0.615. The van der Waals surface area contributed by atoms with Crippen LogP contribution in [0.15, 0.2) is 18.2 Å². The highest BCUT2D eigenvalue weighted by Gasteiger charge is 2.18. The summed E-state index contributed by atoms with van der Waals surface area (Å²) < 4.78 is 10.6. The Morgan fingerprint density at radius 2 is 2.10 bits per heavy atom. The number of aromatic amines is 1. The predicted octanol–water partition coefficient (Wildman–Crippen LogP) is 2.24. The molecule has 1 aromatic heterocycles. The van der Waals surface area contributed by atoms with Crippen molar-refractivity contribution >= 4 is 16.9 Å². The van der Waals surface area contributed by atoms with E-state index in [1.807, 2.05) is 25.1 Å². The van der Waals surface area contributed by atoms with Gasteiger partial charge in [0.15, 0.2) is 0 Å². The van der Waals surface area contributed by atoms with Gasteiger partial charge in [-0.3, -0.25) is 0 Å². The van der Waals surface area contributed by atoms with Gasteiger partial charge < -0.3 is 20.2 Å². The van der Waals surface area contributed by atoms with Gasteiger partial charge in [-0.1, -0.05) is 0 Å². The molecule has 0 aliphatic rings. The number of hydrogen-bond acceptors (Lipinski definition) is 4. The Morgan fingerprint density at radius 3 is 2.75 bits per heavy atom. The lowest BCUT2D eigenvalue weighted by atomic mass is 10.1. The van der Waals surface area contributed by atoms with Gasteiger partial charge in [-0.25, -0.2) is 4.79 Å². The quantitative estimate of drug-likeness (QED) is 0.793. The predicted molar refractivity (Wildman–Crippen MR) is 78.2 cm³/mol. The van der Waals surface area contributed by atoms with Crippen LogP contribution in [0.1, 0.15) is 29.9 Å². The van der Waals surface area contributed by atoms with Gasteiger partial charge in [0.05, 0.1) is 13.2 Å². The first-order chi connectivity index (χ1) is 9.71. The minimum atomic E-state index is -0.342. The lowest BCUT2D eigenvalue weighted by Gasteiger charge is -2.04. The molecule has 0 bridgehead atoms. The van der Waals surface area contributed by atoms with Crippen LogP contribution in [0.5, 0.6) is 5.75 Å². The van der Waals surface area contributed by atoms with Crippen molar-refractivity contribution in [2.75, 3.05) is 19.8 Å². The van der Waals surface area contributed by atoms with Gasteiger partial charge >= 0.3 is 5.97 Å². The number of ether oxygens (including phenoxy) is 2. The van der Waals surface area contributed by atoms with Crippen LogP contribution in [0.2, 0.25) is 0 Å². The summed E-state index contributed by atoms with van der Waals surface area (Å²) in [6, 6.07) is 5.72. The number of aromatic nitrogens is 1. The molecular weight excluding hydrogens is 256 g/mol. The normalized spacial score (nSPS) is 10.8. The smallest absolute Gasteiger partial charge is 0.355 e. The Labute approximate surface area is 118 Å². The maximum atomic E-state index is 12.0. The van der Waals surface area contributed by atoms with E-state index in [1.54, 1.807) is 6.92 Å². The minimum Gasteiger partial charge on any atom is -0.494 e. The van der Waals surface area contributed by atoms with Crippen LogP contribution in [0.3, 0.4) is 0 Å². The van der Waals surface area contributed by atoms with E-state index < -0.39 is 0 Å². The molecule has 2 rings (SSSR count). The number of nitrogens with two attached hydrogens (primary N) is 1. The fraction of sp³-hybridized carbons (Fsp3) is 0.400. The third kappa shape index (κ3) is 2.77. The number of carbonyl (C=O) groups excluding carboxylic acids is 1. The molecule has 0 unspecified atom stereocenters. The Kier molecular flexibility index (Phi) is 4.63. The Balaban J connectivity index is 2.52. The highest BCUT2D eigenvalue weighted by atomic mass is 16.5. The van der Waals surface area contributed by atoms with Gasteiger partial charge in [-0.05, 0) is 50.6 Å². The molecule has 108 valence electrons. The lowest BCUT2D eigenvalue weighted by molar-refractivity contribution is 0.0519. The van der Waals surface area contributed by atoms with Gasteiger partial charge in [-0.15, -0.1) is 0 Å². The SMILES string of the molecule is CCOC(=O)c1[nH]c2ccc(OCC)cc2c1CCN. The average molecular weight is 276 g/mol. The van der Waals surface area contributed by atoms with E-state index in [9.17, 15) is 4.79 Å². The van der Waals surface area contributed by atoms with Gasteiger partial charge in [-0.2, -0.15) is 0 Å². The number of carbonyl (C=O) groups is 1. The molecule has 2 aromatic rings. The molecule has 0 radical (unpaired) electrons. The number of hydrogen-bond donors (Lipinski definition) is 2. The lowest BCUT2D eigenvalue weighted by Crippen LogP contribution is -2.10. The summed E-state index contributed by atoms with van der Waals surface area (Å²) in [4.78, 5) is 15.1. The van der Waals surface area contributed by atoms with E-state index >= 15 is 0 Å². The number of nitrogens with one attached hydrogen (secondary N) is 1. The molecule has 0 aliphatic heterocycles. The summed E-state index contributed by atoms with van der Waals surface area (Å²) in [5.41, 5.74) is 7.92. The van der Waals surface area contributed by atoms with Gasteiger partial charge in [0.25, 0.3) is 0 Å². The van der Waals surface area contributed by atoms with E-state index in [-0.39, 0.29) is 5.97 Å². The van der Waals surface area contributed by atoms with Crippen LogP contribution in [0, 0.1) is 0 Å². The first kappa shape index (κ1) is 14.4. The molecule has 3 N–H and O–H groups in total. The second-order valence-electron chi connectivity index (χ2n) is 4.38. The van der Waals surface area contributed by atoms with Gasteiger partial charge in [0.2, 0.25) is 0 Å². The van der Waals surface area contributed by atoms with Crippen LogP contribution >= 0.6 is 0 Å². The third-order valence-electron chi connectivity index (χ3n) is 3.06. The Bertz CT molecular complexity index is 604. The van der Waals surface area contributed by atoms with Crippen LogP contribution < -0.4 is 10.5 Å². The standard InChI is InChI=1S/C15H20N2O3/c1-3-19-10-5-6-13-12(9-10)11(7-8-16)14(17-13)15(18)20-4-2/h5-6,9,17H,3-4,7-8,16H2,1-2H3. The van der Waals surface area contributed by atoms with Crippen LogP contribution in [0.4, 0.5) is 0 Å². The fourth-order valence-electron chi connectivity index (χ4n) is 2.26. The number of benzene rings is 1. The van der Waals surface area contributed by atoms with Crippen molar-refractivity contribution in [3.63, 3.8) is 0 Å². The molecule has 0 aliphatic carbocycles. The molecular formula is C15H20N2O3. The highest BCUT2D eigenvalue weighted by molar-refractivity contribution is 5.98. The van der Waals surface area contributed by atoms with Gasteiger partial charge in [0, 0.05) is 10.9 Å². The summed E-state index contributed by atoms with van der Waals surface area (Å²) in [6.45, 7) is 5.15. The maximum Gasteiger partial charge on any atom is 0.355 e. The molecule has 0 amide bonds. The molecule has 20 heavy (non-hydrogen) atoms. The summed E-state index contributed by atoms with van der Waals surface area (Å²) >= 11 is 0. The zero-order valence-corrected chi connectivity index (χ0v) is 11.9. The van der Waals surface area contributed by atoms with Crippen LogP contribution in [0.25, 0.3) is 10.9 Å². The van der Waals surface area contributed by atoms with Crippen molar-refractivity contribution in [3.8, 4) is 5.75 Å². The van der Waals surface area contributed by atoms with Crippen LogP contribution in [-0.4, -0.2) is 30.7 Å². The summed E-state index contributed by atoms with van der Waals surface area (Å²) in [5, 5.41) is 0.962. The number of rotatable bonds is 6. The van der Waals surface area contributed by atoms with Crippen molar-refractivity contribution in [1.29, 1.82) is 0 Å².